The van der Waals surface area contributed by atoms with E-state index in [4.69, 9.17) is 14.2 Å². The summed E-state index contributed by atoms with van der Waals surface area (Å²) in [6.07, 6.45) is 6.48. The number of carbonyl (C=O) groups is 2. The zero-order valence-electron chi connectivity index (χ0n) is 28.0. The van der Waals surface area contributed by atoms with Crippen LogP contribution in [0, 0.1) is 6.92 Å². The Kier molecular flexibility index (Phi) is 13.3. The molecule has 0 bridgehead atoms. The first-order valence-corrected chi connectivity index (χ1v) is 16.6. The van der Waals surface area contributed by atoms with Crippen molar-refractivity contribution in [3.05, 3.63) is 77.4 Å². The molecule has 46 heavy (non-hydrogen) atoms. The molecule has 0 aliphatic carbocycles. The minimum atomic E-state index is -0.239. The first-order chi connectivity index (χ1) is 22.3. The molecule has 4 rings (SSSR count). The van der Waals surface area contributed by atoms with Crippen molar-refractivity contribution in [3.63, 3.8) is 0 Å². The molecule has 9 heteroatoms. The first kappa shape index (κ1) is 34.8. The smallest absolute Gasteiger partial charge is 0.319 e. The van der Waals surface area contributed by atoms with Gasteiger partial charge < -0.3 is 35.1 Å². The van der Waals surface area contributed by atoms with Gasteiger partial charge in [-0.1, -0.05) is 27.2 Å². The summed E-state index contributed by atoms with van der Waals surface area (Å²) in [7, 11) is 1.62. The van der Waals surface area contributed by atoms with Crippen molar-refractivity contribution < 1.29 is 23.8 Å². The molecule has 1 fully saturated rings. The van der Waals surface area contributed by atoms with Gasteiger partial charge in [-0.3, -0.25) is 4.79 Å². The molecule has 3 aromatic carbocycles. The Morgan fingerprint density at radius 2 is 1.57 bits per heavy atom. The molecule has 0 spiro atoms. The van der Waals surface area contributed by atoms with Crippen LogP contribution in [0.1, 0.15) is 80.8 Å². The molecule has 9 nitrogen and oxygen atoms in total. The van der Waals surface area contributed by atoms with Crippen LogP contribution in [0.4, 0.5) is 16.2 Å². The summed E-state index contributed by atoms with van der Waals surface area (Å²) in [6.45, 7) is 11.9. The summed E-state index contributed by atoms with van der Waals surface area (Å²) >= 11 is 0. The molecule has 1 aliphatic heterocycles. The van der Waals surface area contributed by atoms with Crippen molar-refractivity contribution in [2.75, 3.05) is 37.4 Å². The summed E-state index contributed by atoms with van der Waals surface area (Å²) in [5.74, 6) is 1.88. The number of carbonyl (C=O) groups excluding carboxylic acids is 2. The Morgan fingerprint density at radius 3 is 2.20 bits per heavy atom. The largest absolute Gasteiger partial charge is 0.490 e. The maximum Gasteiger partial charge on any atom is 0.319 e. The number of likely N-dealkylation sites (tertiary alicyclic amines) is 1. The number of hydrogen-bond donors (Lipinski definition) is 3. The highest BCUT2D eigenvalue weighted by atomic mass is 16.5. The molecular formula is C37H50N4O5. The fraction of sp³-hybridized carbons (Fsp3) is 0.459. The highest BCUT2D eigenvalue weighted by Gasteiger charge is 2.20. The van der Waals surface area contributed by atoms with Crippen LogP contribution in [0.3, 0.4) is 0 Å². The van der Waals surface area contributed by atoms with Crippen LogP contribution in [0.2, 0.25) is 0 Å². The highest BCUT2D eigenvalue weighted by molar-refractivity contribution is 6.04. The van der Waals surface area contributed by atoms with Crippen molar-refractivity contribution in [1.29, 1.82) is 0 Å². The number of benzene rings is 3. The number of ether oxygens (including phenoxy) is 3. The van der Waals surface area contributed by atoms with Crippen LogP contribution >= 0.6 is 0 Å². The van der Waals surface area contributed by atoms with E-state index < -0.39 is 0 Å². The average molecular weight is 631 g/mol. The Morgan fingerprint density at radius 1 is 0.891 bits per heavy atom. The Bertz CT molecular complexity index is 1420. The summed E-state index contributed by atoms with van der Waals surface area (Å²) < 4.78 is 17.9. The fourth-order valence-corrected chi connectivity index (χ4v) is 5.54. The van der Waals surface area contributed by atoms with E-state index in [0.29, 0.717) is 35.0 Å². The van der Waals surface area contributed by atoms with E-state index in [9.17, 15) is 9.59 Å². The van der Waals surface area contributed by atoms with Gasteiger partial charge in [0, 0.05) is 48.7 Å². The summed E-state index contributed by atoms with van der Waals surface area (Å²) in [5, 5.41) is 8.87. The van der Waals surface area contributed by atoms with E-state index in [1.165, 1.54) is 19.4 Å². The summed E-state index contributed by atoms with van der Waals surface area (Å²) in [6, 6.07) is 18.2. The van der Waals surface area contributed by atoms with Gasteiger partial charge in [-0.15, -0.1) is 0 Å². The molecule has 0 unspecified atom stereocenters. The van der Waals surface area contributed by atoms with Gasteiger partial charge in [-0.2, -0.15) is 0 Å². The fourth-order valence-electron chi connectivity index (χ4n) is 5.54. The highest BCUT2D eigenvalue weighted by Crippen LogP contribution is 2.32. The van der Waals surface area contributed by atoms with Gasteiger partial charge in [-0.05, 0) is 112 Å². The lowest BCUT2D eigenvalue weighted by molar-refractivity contribution is 0.0996. The van der Waals surface area contributed by atoms with Gasteiger partial charge >= 0.3 is 6.03 Å². The number of amides is 3. The predicted molar refractivity (Wildman–Crippen MR) is 184 cm³/mol. The Labute approximate surface area is 274 Å². The molecule has 3 amide bonds. The number of urea groups is 1. The number of nitrogens with one attached hydrogen (secondary N) is 3. The van der Waals surface area contributed by atoms with Crippen LogP contribution < -0.4 is 25.4 Å². The minimum absolute atomic E-state index is 0.130. The number of rotatable bonds is 15. The summed E-state index contributed by atoms with van der Waals surface area (Å²) in [5.41, 5.74) is 3.54. The third-order valence-electron chi connectivity index (χ3n) is 8.37. The number of nitrogens with zero attached hydrogens (tertiary/aromatic N) is 1. The zero-order valence-corrected chi connectivity index (χ0v) is 28.0. The van der Waals surface area contributed by atoms with Crippen molar-refractivity contribution in [1.82, 2.24) is 10.2 Å². The van der Waals surface area contributed by atoms with Crippen LogP contribution in [0.15, 0.2) is 60.7 Å². The van der Waals surface area contributed by atoms with Crippen molar-refractivity contribution >= 4 is 23.3 Å². The zero-order chi connectivity index (χ0) is 32.9. The average Bonchev–Trinajstić information content (AvgIpc) is 3.06. The Hall–Kier alpha value is -4.08. The maximum absolute atomic E-state index is 13.0. The van der Waals surface area contributed by atoms with Crippen LogP contribution in [-0.2, 0) is 11.3 Å². The van der Waals surface area contributed by atoms with E-state index in [-0.39, 0.29) is 24.1 Å². The minimum Gasteiger partial charge on any atom is -0.490 e. The number of unbranched alkanes of at least 4 members (excludes halogenated alkanes) is 1. The van der Waals surface area contributed by atoms with Crippen molar-refractivity contribution in [2.24, 2.45) is 0 Å². The second-order valence-electron chi connectivity index (χ2n) is 11.9. The van der Waals surface area contributed by atoms with E-state index >= 15 is 0 Å². The molecule has 0 aromatic heterocycles. The number of methoxy groups -OCH3 is 1. The van der Waals surface area contributed by atoms with Crippen LogP contribution in [0.25, 0.3) is 0 Å². The lowest BCUT2D eigenvalue weighted by Gasteiger charge is -2.32. The Balaban J connectivity index is 1.32. The van der Waals surface area contributed by atoms with E-state index in [2.05, 4.69) is 27.8 Å². The monoisotopic (exact) mass is 630 g/mol. The standard InChI is InChI=1S/C37H50N4O5/c1-6-9-20-41-21-18-33(19-22-41)45-32-14-10-27(11-15-32)36(42)38-30-12-16-34(26(4)23-30)46-35-17-13-31(24-28(35)25-44-5)40-37(43)39-29(7-2)8-3/h10-17,23-24,29,33H,6-9,18-22,25H2,1-5H3,(H,38,42)(H2,39,40,43). The topological polar surface area (TPSA) is 101 Å². The number of aryl methyl sites for hydroxylation is 1. The third kappa shape index (κ3) is 10.2. The van der Waals surface area contributed by atoms with Gasteiger partial charge in [0.1, 0.15) is 23.4 Å². The van der Waals surface area contributed by atoms with Crippen LogP contribution in [0.5, 0.6) is 17.2 Å². The molecule has 0 radical (unpaired) electrons. The third-order valence-corrected chi connectivity index (χ3v) is 8.37. The van der Waals surface area contributed by atoms with E-state index in [1.807, 2.05) is 63.2 Å². The molecule has 0 atom stereocenters. The molecule has 1 heterocycles. The number of piperidine rings is 1. The predicted octanol–water partition coefficient (Wildman–Crippen LogP) is 8.14. The maximum atomic E-state index is 13.0. The SMILES string of the molecule is CCCCN1CCC(Oc2ccc(C(=O)Nc3ccc(Oc4ccc(NC(=O)NC(CC)CC)cc4COC)c(C)c3)cc2)CC1. The molecule has 0 saturated carbocycles. The van der Waals surface area contributed by atoms with Gasteiger partial charge in [0.15, 0.2) is 0 Å². The lowest BCUT2D eigenvalue weighted by Crippen LogP contribution is -2.38. The van der Waals surface area contributed by atoms with Crippen molar-refractivity contribution in [3.8, 4) is 17.2 Å². The molecule has 1 aliphatic rings. The lowest BCUT2D eigenvalue weighted by atomic mass is 10.1. The van der Waals surface area contributed by atoms with Gasteiger partial charge in [-0.25, -0.2) is 4.79 Å². The number of anilines is 2. The first-order valence-electron chi connectivity index (χ1n) is 16.6. The van der Waals surface area contributed by atoms with Crippen molar-refractivity contribution in [2.45, 2.75) is 85.0 Å². The number of hydrogen-bond acceptors (Lipinski definition) is 6. The van der Waals surface area contributed by atoms with Gasteiger partial charge in [0.05, 0.1) is 6.61 Å². The molecule has 3 aromatic rings. The summed E-state index contributed by atoms with van der Waals surface area (Å²) in [4.78, 5) is 28.0. The second-order valence-corrected chi connectivity index (χ2v) is 11.9. The van der Waals surface area contributed by atoms with Crippen LogP contribution in [-0.4, -0.2) is 55.7 Å². The quantitative estimate of drug-likeness (QED) is 0.157. The molecule has 3 N–H and O–H groups in total. The molecular weight excluding hydrogens is 580 g/mol. The van der Waals surface area contributed by atoms with Gasteiger partial charge in [0.25, 0.3) is 5.91 Å². The molecule has 248 valence electrons. The normalized spacial score (nSPS) is 13.8. The second kappa shape index (κ2) is 17.6. The van der Waals surface area contributed by atoms with E-state index in [0.717, 1.165) is 55.6 Å². The van der Waals surface area contributed by atoms with Gasteiger partial charge in [0.2, 0.25) is 0 Å². The molecule has 1 saturated heterocycles. The van der Waals surface area contributed by atoms with E-state index in [1.54, 1.807) is 25.3 Å².